The number of ether oxygens (including phenoxy) is 2. The summed E-state index contributed by atoms with van der Waals surface area (Å²) in [5.41, 5.74) is -3.25. The van der Waals surface area contributed by atoms with Gasteiger partial charge in [-0.15, -0.1) is 0 Å². The highest BCUT2D eigenvalue weighted by Crippen LogP contribution is 2.73. The van der Waals surface area contributed by atoms with Crippen LogP contribution in [0.15, 0.2) is 36.0 Å². The van der Waals surface area contributed by atoms with Crippen molar-refractivity contribution in [2.24, 2.45) is 22.7 Å². The molecule has 1 saturated heterocycles. The van der Waals surface area contributed by atoms with Gasteiger partial charge in [0, 0.05) is 16.7 Å². The lowest BCUT2D eigenvalue weighted by Crippen LogP contribution is -2.69. The largest absolute Gasteiger partial charge is 0.412 e. The summed E-state index contributed by atoms with van der Waals surface area (Å²) in [7, 11) is 0. The smallest absolute Gasteiger partial charge is 0.178 e. The minimum Gasteiger partial charge on any atom is -0.412 e. The maximum Gasteiger partial charge on any atom is 0.178 e. The van der Waals surface area contributed by atoms with Gasteiger partial charge in [0.05, 0.1) is 18.8 Å². The van der Waals surface area contributed by atoms with Crippen LogP contribution in [0.25, 0.3) is 0 Å². The van der Waals surface area contributed by atoms with Crippen LogP contribution < -0.4 is 0 Å². The van der Waals surface area contributed by atoms with E-state index in [1.54, 1.807) is 12.2 Å². The Labute approximate surface area is 188 Å². The number of halogens is 1. The Kier molecular flexibility index (Phi) is 5.07. The number of rotatable bonds is 2. The first-order chi connectivity index (χ1) is 14.4. The minimum absolute atomic E-state index is 0. The zero-order valence-corrected chi connectivity index (χ0v) is 19.3. The number of aliphatic hydroxyl groups excluding tert-OH is 2. The fourth-order valence-electron chi connectivity index (χ4n) is 8.07. The number of allylic oxidation sites excluding steroid dienone is 4. The third-order valence-electron chi connectivity index (χ3n) is 9.35. The summed E-state index contributed by atoms with van der Waals surface area (Å²) in [6.45, 7) is 11.4. The number of carbonyl (C=O) groups is 1. The average Bonchev–Trinajstić information content (AvgIpc) is 3.09. The van der Waals surface area contributed by atoms with Gasteiger partial charge in [-0.1, -0.05) is 25.2 Å². The summed E-state index contributed by atoms with van der Waals surface area (Å²) in [5.74, 6) is -1.52. The number of hydrogen-bond donors (Lipinski definition) is 2. The molecule has 0 aromatic carbocycles. The normalized spacial score (nSPS) is 50.5. The molecule has 0 radical (unpaired) electrons. The van der Waals surface area contributed by atoms with E-state index < -0.39 is 39.9 Å². The van der Waals surface area contributed by atoms with E-state index in [1.165, 1.54) is 6.08 Å². The highest BCUT2D eigenvalue weighted by Gasteiger charge is 2.78. The number of hydrogen-bond acceptors (Lipinski definition) is 5. The minimum atomic E-state index is -1.89. The molecule has 1 aliphatic heterocycles. The number of fused-ring (bicyclic) bond motifs is 7. The summed E-state index contributed by atoms with van der Waals surface area (Å²) in [6, 6.07) is 0. The van der Waals surface area contributed by atoms with Crippen LogP contribution in [0.4, 0.5) is 4.39 Å². The molecule has 0 aromatic rings. The van der Waals surface area contributed by atoms with E-state index in [4.69, 9.17) is 9.47 Å². The first-order valence-corrected chi connectivity index (χ1v) is 11.3. The lowest BCUT2D eigenvalue weighted by molar-refractivity contribution is -0.242. The Morgan fingerprint density at radius 3 is 2.62 bits per heavy atom. The van der Waals surface area contributed by atoms with Crippen molar-refractivity contribution in [2.45, 2.75) is 82.6 Å². The van der Waals surface area contributed by atoms with E-state index in [9.17, 15) is 15.0 Å². The maximum absolute atomic E-state index is 17.2. The Balaban J connectivity index is 0.00000245. The van der Waals surface area contributed by atoms with E-state index in [0.717, 1.165) is 5.57 Å². The molecule has 0 bridgehead atoms. The highest BCUT2D eigenvalue weighted by atomic mass is 19.1. The second-order valence-corrected chi connectivity index (χ2v) is 11.1. The summed E-state index contributed by atoms with van der Waals surface area (Å²) in [6.07, 6.45) is 4.95. The van der Waals surface area contributed by atoms with Gasteiger partial charge in [-0.3, -0.25) is 4.79 Å². The molecule has 1 unspecified atom stereocenters. The van der Waals surface area contributed by atoms with Crippen LogP contribution in [0.5, 0.6) is 0 Å². The second-order valence-electron chi connectivity index (χ2n) is 11.1. The van der Waals surface area contributed by atoms with Crippen molar-refractivity contribution < 1.29 is 34.3 Å². The van der Waals surface area contributed by atoms with Gasteiger partial charge >= 0.3 is 0 Å². The fraction of sp³-hybridized carbons (Fsp3) is 0.720. The molecule has 1 heterocycles. The molecule has 178 valence electrons. The molecular formula is C25H35FO6. The molecule has 6 nitrogen and oxygen atoms in total. The first kappa shape index (κ1) is 23.8. The Bertz CT molecular complexity index is 925. The van der Waals surface area contributed by atoms with Gasteiger partial charge in [0.25, 0.3) is 0 Å². The van der Waals surface area contributed by atoms with Crippen molar-refractivity contribution in [2.75, 3.05) is 6.61 Å². The van der Waals surface area contributed by atoms with E-state index >= 15 is 4.39 Å². The van der Waals surface area contributed by atoms with Crippen LogP contribution in [0.1, 0.15) is 53.4 Å². The van der Waals surface area contributed by atoms with Crippen LogP contribution in [0, 0.1) is 22.7 Å². The third kappa shape index (κ3) is 2.49. The average molecular weight is 451 g/mol. The fourth-order valence-corrected chi connectivity index (χ4v) is 8.07. The van der Waals surface area contributed by atoms with Gasteiger partial charge in [0.15, 0.2) is 17.2 Å². The summed E-state index contributed by atoms with van der Waals surface area (Å²) in [5, 5.41) is 21.5. The van der Waals surface area contributed by atoms with E-state index in [2.05, 4.69) is 6.58 Å². The van der Waals surface area contributed by atoms with Crippen LogP contribution in [-0.4, -0.2) is 57.3 Å². The number of carbonyl (C=O) groups excluding carboxylic acids is 1. The lowest BCUT2D eigenvalue weighted by atomic mass is 9.44. The van der Waals surface area contributed by atoms with Gasteiger partial charge in [0.1, 0.15) is 5.60 Å². The van der Waals surface area contributed by atoms with Crippen molar-refractivity contribution in [3.63, 3.8) is 0 Å². The zero-order valence-electron chi connectivity index (χ0n) is 19.3. The summed E-state index contributed by atoms with van der Waals surface area (Å²) < 4.78 is 30.0. The summed E-state index contributed by atoms with van der Waals surface area (Å²) >= 11 is 0. The molecule has 0 spiro atoms. The molecule has 5 aliphatic rings. The second kappa shape index (κ2) is 6.83. The van der Waals surface area contributed by atoms with E-state index in [-0.39, 0.29) is 36.3 Å². The van der Waals surface area contributed by atoms with Gasteiger partial charge in [-0.25, -0.2) is 4.39 Å². The highest BCUT2D eigenvalue weighted by molar-refractivity contribution is 6.01. The molecule has 0 amide bonds. The van der Waals surface area contributed by atoms with Crippen LogP contribution in [-0.2, 0) is 14.3 Å². The van der Waals surface area contributed by atoms with Gasteiger partial charge in [0.2, 0.25) is 0 Å². The van der Waals surface area contributed by atoms with Crippen molar-refractivity contribution >= 4 is 5.78 Å². The maximum atomic E-state index is 17.2. The Morgan fingerprint density at radius 2 is 1.97 bits per heavy atom. The van der Waals surface area contributed by atoms with Crippen LogP contribution in [0.2, 0.25) is 0 Å². The molecule has 5 rings (SSSR count). The monoisotopic (exact) mass is 450 g/mol. The van der Waals surface area contributed by atoms with Crippen molar-refractivity contribution in [1.82, 2.24) is 0 Å². The topological polar surface area (TPSA) is 107 Å². The zero-order chi connectivity index (χ0) is 22.6. The predicted octanol–water partition coefficient (Wildman–Crippen LogP) is 2.58. The number of alkyl halides is 1. The van der Waals surface area contributed by atoms with Crippen molar-refractivity contribution in [3.8, 4) is 0 Å². The molecule has 4 aliphatic carbocycles. The molecule has 7 heteroatoms. The molecule has 4 N–H and O–H groups in total. The van der Waals surface area contributed by atoms with Crippen LogP contribution >= 0.6 is 0 Å². The molecule has 4 fully saturated rings. The van der Waals surface area contributed by atoms with Crippen LogP contribution in [0.3, 0.4) is 0 Å². The van der Waals surface area contributed by atoms with E-state index in [1.807, 2.05) is 27.7 Å². The van der Waals surface area contributed by atoms with Gasteiger partial charge in [-0.05, 0) is 70.1 Å². The van der Waals surface area contributed by atoms with Gasteiger partial charge in [-0.2, -0.15) is 0 Å². The summed E-state index contributed by atoms with van der Waals surface area (Å²) in [4.78, 5) is 12.0. The molecule has 0 aromatic heterocycles. The predicted molar refractivity (Wildman–Crippen MR) is 116 cm³/mol. The number of aliphatic hydroxyl groups is 2. The Hall–Kier alpha value is -1.38. The van der Waals surface area contributed by atoms with Crippen molar-refractivity contribution in [1.29, 1.82) is 0 Å². The molecule has 8 atom stereocenters. The molecule has 32 heavy (non-hydrogen) atoms. The van der Waals surface area contributed by atoms with Gasteiger partial charge < -0.3 is 25.2 Å². The van der Waals surface area contributed by atoms with Crippen molar-refractivity contribution in [3.05, 3.63) is 36.0 Å². The number of ketones is 1. The lowest BCUT2D eigenvalue weighted by Gasteiger charge is -2.63. The molecule has 3 saturated carbocycles. The molecular weight excluding hydrogens is 415 g/mol. The SMILES string of the molecule is C=C(CO)[C@@]12OC(C)(C)OC1C[C@H]1[C@@H]3CCC4=CC(=O)C=C[C@]4(C)[C@@]3(F)[C@@H](O)C[C@@]12C.O. The Morgan fingerprint density at radius 1 is 1.28 bits per heavy atom. The third-order valence-corrected chi connectivity index (χ3v) is 9.35. The standard InChI is InChI=1S/C25H33FO5.H2O/c1-14(13-27)25-20(30-21(2,3)31-25)11-18-17-7-6-15-10-16(28)8-9-22(15,4)24(17,26)19(29)12-23(18,25)5;/h8-10,17-20,27,29H,1,6-7,11-13H2,2-5H3;1H2/t17-,18-,19-,20?,22-,23-,24-,25+;/m0./s1. The quantitative estimate of drug-likeness (QED) is 0.629. The first-order valence-electron chi connectivity index (χ1n) is 11.3. The van der Waals surface area contributed by atoms with E-state index in [0.29, 0.717) is 24.8 Å².